The molecule has 0 aliphatic heterocycles. The molecule has 1 atom stereocenters. The van der Waals surface area contributed by atoms with Gasteiger partial charge in [-0.25, -0.2) is 0 Å². The zero-order chi connectivity index (χ0) is 14.0. The molecule has 1 aromatic rings. The Kier molecular flexibility index (Phi) is 4.14. The van der Waals surface area contributed by atoms with Gasteiger partial charge < -0.3 is 5.11 Å². The fourth-order valence-corrected chi connectivity index (χ4v) is 1.85. The van der Waals surface area contributed by atoms with E-state index in [-0.39, 0.29) is 34.0 Å². The van der Waals surface area contributed by atoms with Crippen molar-refractivity contribution in [3.63, 3.8) is 0 Å². The van der Waals surface area contributed by atoms with Gasteiger partial charge in [0.05, 0.1) is 6.10 Å². The Bertz CT molecular complexity index is 527. The van der Waals surface area contributed by atoms with Gasteiger partial charge in [-0.2, -0.15) is 0 Å². The fourth-order valence-electron chi connectivity index (χ4n) is 1.85. The van der Waals surface area contributed by atoms with Crippen molar-refractivity contribution in [2.75, 3.05) is 0 Å². The van der Waals surface area contributed by atoms with Crippen LogP contribution in [-0.2, 0) is 0 Å². The van der Waals surface area contributed by atoms with Crippen molar-refractivity contribution in [2.24, 2.45) is 0 Å². The van der Waals surface area contributed by atoms with Gasteiger partial charge in [-0.3, -0.25) is 14.4 Å². The van der Waals surface area contributed by atoms with Gasteiger partial charge in [0, 0.05) is 16.7 Å². The van der Waals surface area contributed by atoms with Crippen LogP contribution >= 0.6 is 0 Å². The van der Waals surface area contributed by atoms with Crippen LogP contribution in [0.5, 0.6) is 0 Å². The third-order valence-corrected chi connectivity index (χ3v) is 2.78. The van der Waals surface area contributed by atoms with Crippen LogP contribution < -0.4 is 0 Å². The van der Waals surface area contributed by atoms with Crippen LogP contribution in [0.4, 0.5) is 0 Å². The van der Waals surface area contributed by atoms with Gasteiger partial charge in [0.1, 0.15) is 0 Å². The zero-order valence-corrected chi connectivity index (χ0v) is 10.9. The number of aliphatic hydroxyl groups is 1. The van der Waals surface area contributed by atoms with Gasteiger partial charge in [0.2, 0.25) is 0 Å². The second-order valence-electron chi connectivity index (χ2n) is 4.33. The number of hydrogen-bond acceptors (Lipinski definition) is 4. The molecular weight excluding hydrogens is 232 g/mol. The molecule has 1 N–H and O–H groups in total. The molecule has 0 radical (unpaired) electrons. The van der Waals surface area contributed by atoms with E-state index >= 15 is 0 Å². The van der Waals surface area contributed by atoms with Crippen LogP contribution in [0.25, 0.3) is 0 Å². The number of hydrogen-bond donors (Lipinski definition) is 1. The van der Waals surface area contributed by atoms with E-state index in [1.807, 2.05) is 0 Å². The first-order chi connectivity index (χ1) is 8.25. The number of carbonyl (C=O) groups excluding carboxylic acids is 3. The molecule has 0 saturated carbocycles. The lowest BCUT2D eigenvalue weighted by atomic mass is 9.91. The van der Waals surface area contributed by atoms with Crippen LogP contribution in [0.3, 0.4) is 0 Å². The van der Waals surface area contributed by atoms with Crippen molar-refractivity contribution in [3.8, 4) is 0 Å². The summed E-state index contributed by atoms with van der Waals surface area (Å²) in [5, 5.41) is 9.64. The average molecular weight is 248 g/mol. The first kappa shape index (κ1) is 14.3. The smallest absolute Gasteiger partial charge is 0.160 e. The molecule has 1 aromatic carbocycles. The summed E-state index contributed by atoms with van der Waals surface area (Å²) in [5.74, 6) is -0.791. The van der Waals surface area contributed by atoms with Crippen molar-refractivity contribution in [1.82, 2.24) is 0 Å². The fraction of sp³-hybridized carbons (Fsp3) is 0.357. The molecule has 1 rings (SSSR count). The summed E-state index contributed by atoms with van der Waals surface area (Å²) in [7, 11) is 0. The lowest BCUT2D eigenvalue weighted by Gasteiger charge is -2.14. The maximum Gasteiger partial charge on any atom is 0.160 e. The molecule has 96 valence electrons. The quantitative estimate of drug-likeness (QED) is 0.830. The summed E-state index contributed by atoms with van der Waals surface area (Å²) in [6.07, 6.45) is -0.872. The molecule has 18 heavy (non-hydrogen) atoms. The molecule has 0 heterocycles. The molecule has 0 aliphatic carbocycles. The predicted octanol–water partition coefficient (Wildman–Crippen LogP) is 2.35. The minimum Gasteiger partial charge on any atom is -0.389 e. The number of aliphatic hydroxyl groups excluding tert-OH is 1. The van der Waals surface area contributed by atoms with Gasteiger partial charge in [-0.1, -0.05) is 0 Å². The van der Waals surface area contributed by atoms with Crippen LogP contribution in [0.1, 0.15) is 70.4 Å². The lowest BCUT2D eigenvalue weighted by Crippen LogP contribution is -2.11. The molecule has 0 saturated heterocycles. The van der Waals surface area contributed by atoms with Gasteiger partial charge in [-0.05, 0) is 45.4 Å². The second-order valence-corrected chi connectivity index (χ2v) is 4.33. The lowest BCUT2D eigenvalue weighted by molar-refractivity contribution is 0.0977. The molecule has 0 aromatic heterocycles. The Hall–Kier alpha value is -1.81. The third kappa shape index (κ3) is 2.71. The van der Waals surface area contributed by atoms with Gasteiger partial charge in [0.25, 0.3) is 0 Å². The third-order valence-electron chi connectivity index (χ3n) is 2.78. The minimum atomic E-state index is -0.872. The summed E-state index contributed by atoms with van der Waals surface area (Å²) in [4.78, 5) is 34.5. The number of ketones is 3. The molecule has 0 bridgehead atoms. The van der Waals surface area contributed by atoms with Crippen LogP contribution in [0, 0.1) is 0 Å². The maximum absolute atomic E-state index is 11.5. The van der Waals surface area contributed by atoms with E-state index in [4.69, 9.17) is 0 Å². The molecule has 4 nitrogen and oxygen atoms in total. The highest BCUT2D eigenvalue weighted by molar-refractivity contribution is 6.09. The Morgan fingerprint density at radius 2 is 1.28 bits per heavy atom. The highest BCUT2D eigenvalue weighted by atomic mass is 16.3. The molecule has 4 heteroatoms. The molecule has 0 fully saturated rings. The maximum atomic E-state index is 11.5. The normalized spacial score (nSPS) is 12.1. The van der Waals surface area contributed by atoms with Crippen molar-refractivity contribution < 1.29 is 19.5 Å². The van der Waals surface area contributed by atoms with E-state index in [9.17, 15) is 19.5 Å². The largest absolute Gasteiger partial charge is 0.389 e. The molecular formula is C14H16O4. The van der Waals surface area contributed by atoms with Crippen molar-refractivity contribution >= 4 is 17.3 Å². The van der Waals surface area contributed by atoms with Gasteiger partial charge in [-0.15, -0.1) is 0 Å². The van der Waals surface area contributed by atoms with E-state index in [0.717, 1.165) is 0 Å². The average Bonchev–Trinajstić information content (AvgIpc) is 2.26. The molecule has 1 unspecified atom stereocenters. The summed E-state index contributed by atoms with van der Waals surface area (Å²) < 4.78 is 0. The Balaban J connectivity index is 3.66. The summed E-state index contributed by atoms with van der Waals surface area (Å²) >= 11 is 0. The standard InChI is InChI=1S/C14H16O4/c1-7(15)11-5-13(9(3)17)14(10(4)18)6-12(11)8(2)16/h5-7,15H,1-4H3. The van der Waals surface area contributed by atoms with E-state index in [2.05, 4.69) is 0 Å². The highest BCUT2D eigenvalue weighted by Crippen LogP contribution is 2.24. The predicted molar refractivity (Wildman–Crippen MR) is 67.1 cm³/mol. The second kappa shape index (κ2) is 5.23. The first-order valence-corrected chi connectivity index (χ1v) is 5.64. The molecule has 0 aliphatic rings. The summed E-state index contributed by atoms with van der Waals surface area (Å²) in [5.41, 5.74) is 1.11. The SMILES string of the molecule is CC(=O)c1cc(C(C)=O)c(C(C)O)cc1C(C)=O. The van der Waals surface area contributed by atoms with E-state index in [1.54, 1.807) is 0 Å². The van der Waals surface area contributed by atoms with Crippen molar-refractivity contribution in [1.29, 1.82) is 0 Å². The first-order valence-electron chi connectivity index (χ1n) is 5.64. The summed E-state index contributed by atoms with van der Waals surface area (Å²) in [6.45, 7) is 5.56. The van der Waals surface area contributed by atoms with Crippen LogP contribution in [0.15, 0.2) is 12.1 Å². The van der Waals surface area contributed by atoms with E-state index in [0.29, 0.717) is 5.56 Å². The number of Topliss-reactive ketones (excluding diaryl/α,β-unsaturated/α-hetero) is 3. The van der Waals surface area contributed by atoms with E-state index in [1.165, 1.54) is 39.8 Å². The number of carbonyl (C=O) groups is 3. The number of rotatable bonds is 4. The molecule has 0 spiro atoms. The Morgan fingerprint density at radius 3 is 1.61 bits per heavy atom. The van der Waals surface area contributed by atoms with Crippen molar-refractivity contribution in [3.05, 3.63) is 34.4 Å². The van der Waals surface area contributed by atoms with Crippen LogP contribution in [-0.4, -0.2) is 22.5 Å². The Morgan fingerprint density at radius 1 is 0.889 bits per heavy atom. The van der Waals surface area contributed by atoms with Gasteiger partial charge >= 0.3 is 0 Å². The zero-order valence-electron chi connectivity index (χ0n) is 10.9. The number of benzene rings is 1. The topological polar surface area (TPSA) is 71.4 Å². The monoisotopic (exact) mass is 248 g/mol. The minimum absolute atomic E-state index is 0.220. The van der Waals surface area contributed by atoms with E-state index < -0.39 is 6.10 Å². The highest BCUT2D eigenvalue weighted by Gasteiger charge is 2.19. The Labute approximate surface area is 106 Å². The van der Waals surface area contributed by atoms with Crippen molar-refractivity contribution in [2.45, 2.75) is 33.8 Å². The van der Waals surface area contributed by atoms with Gasteiger partial charge in [0.15, 0.2) is 17.3 Å². The van der Waals surface area contributed by atoms with Crippen LogP contribution in [0.2, 0.25) is 0 Å². The summed E-state index contributed by atoms with van der Waals surface area (Å²) in [6, 6.07) is 2.82. The molecule has 0 amide bonds.